The van der Waals surface area contributed by atoms with Gasteiger partial charge in [0.15, 0.2) is 0 Å². The molecule has 0 radical (unpaired) electrons. The lowest BCUT2D eigenvalue weighted by Gasteiger charge is -2.42. The summed E-state index contributed by atoms with van der Waals surface area (Å²) in [6.07, 6.45) is 8.73. The van der Waals surface area contributed by atoms with E-state index < -0.39 is 0 Å². The molecule has 2 fully saturated rings. The van der Waals surface area contributed by atoms with Gasteiger partial charge in [-0.05, 0) is 25.7 Å². The van der Waals surface area contributed by atoms with Crippen molar-refractivity contribution in [1.29, 1.82) is 0 Å². The molecule has 1 atom stereocenters. The van der Waals surface area contributed by atoms with Gasteiger partial charge in [0, 0.05) is 12.6 Å². The maximum absolute atomic E-state index is 5.96. The highest BCUT2D eigenvalue weighted by molar-refractivity contribution is 4.90. The van der Waals surface area contributed by atoms with Crippen molar-refractivity contribution in [2.45, 2.75) is 56.6 Å². The van der Waals surface area contributed by atoms with Crippen LogP contribution in [-0.4, -0.2) is 18.2 Å². The first-order chi connectivity index (χ1) is 5.81. The van der Waals surface area contributed by atoms with E-state index in [1.54, 1.807) is 0 Å². The Morgan fingerprint density at radius 1 is 1.17 bits per heavy atom. The highest BCUT2D eigenvalue weighted by Gasteiger charge is 2.37. The summed E-state index contributed by atoms with van der Waals surface area (Å²) in [5, 5.41) is 0. The molecule has 0 aromatic carbocycles. The van der Waals surface area contributed by atoms with E-state index in [4.69, 9.17) is 10.5 Å². The Hall–Kier alpha value is -0.0800. The van der Waals surface area contributed by atoms with E-state index in [9.17, 15) is 0 Å². The molecule has 1 aliphatic heterocycles. The van der Waals surface area contributed by atoms with Crippen LogP contribution in [0.15, 0.2) is 0 Å². The second-order valence-corrected chi connectivity index (χ2v) is 4.35. The van der Waals surface area contributed by atoms with Crippen molar-refractivity contribution in [3.05, 3.63) is 0 Å². The molecule has 1 unspecified atom stereocenters. The summed E-state index contributed by atoms with van der Waals surface area (Å²) < 4.78 is 5.90. The number of rotatable bonds is 0. The minimum Gasteiger partial charge on any atom is -0.375 e. The predicted octanol–water partition coefficient (Wildman–Crippen LogP) is 1.83. The van der Waals surface area contributed by atoms with Crippen LogP contribution < -0.4 is 5.73 Å². The predicted molar refractivity (Wildman–Crippen MR) is 49.0 cm³/mol. The molecule has 2 N–H and O–H groups in total. The van der Waals surface area contributed by atoms with Gasteiger partial charge in [-0.25, -0.2) is 0 Å². The molecular weight excluding hydrogens is 150 g/mol. The van der Waals surface area contributed by atoms with Gasteiger partial charge < -0.3 is 10.5 Å². The minimum absolute atomic E-state index is 0.204. The van der Waals surface area contributed by atoms with Crippen molar-refractivity contribution in [3.63, 3.8) is 0 Å². The van der Waals surface area contributed by atoms with Crippen LogP contribution in [0.2, 0.25) is 0 Å². The monoisotopic (exact) mass is 169 g/mol. The standard InChI is InChI=1S/C10H19NO/c11-9-4-7-12-10(8-9)5-2-1-3-6-10/h9H,1-8,11H2. The van der Waals surface area contributed by atoms with Crippen molar-refractivity contribution >= 4 is 0 Å². The summed E-state index contributed by atoms with van der Waals surface area (Å²) in [5.74, 6) is 0. The van der Waals surface area contributed by atoms with Crippen molar-refractivity contribution in [3.8, 4) is 0 Å². The average molecular weight is 169 g/mol. The lowest BCUT2D eigenvalue weighted by atomic mass is 9.78. The Morgan fingerprint density at radius 3 is 2.58 bits per heavy atom. The molecule has 12 heavy (non-hydrogen) atoms. The molecule has 2 aliphatic rings. The van der Waals surface area contributed by atoms with Crippen LogP contribution in [0, 0.1) is 0 Å². The van der Waals surface area contributed by atoms with Gasteiger partial charge in [-0.15, -0.1) is 0 Å². The molecule has 1 aliphatic carbocycles. The maximum atomic E-state index is 5.96. The Labute approximate surface area is 74.5 Å². The second kappa shape index (κ2) is 3.35. The largest absolute Gasteiger partial charge is 0.375 e. The zero-order chi connectivity index (χ0) is 8.44. The normalized spacial score (nSPS) is 35.2. The molecule has 2 nitrogen and oxygen atoms in total. The zero-order valence-electron chi connectivity index (χ0n) is 7.72. The fourth-order valence-corrected chi connectivity index (χ4v) is 2.61. The first kappa shape index (κ1) is 8.52. The summed E-state index contributed by atoms with van der Waals surface area (Å²) in [7, 11) is 0. The summed E-state index contributed by atoms with van der Waals surface area (Å²) >= 11 is 0. The molecule has 0 amide bonds. The van der Waals surface area contributed by atoms with E-state index in [-0.39, 0.29) is 5.60 Å². The topological polar surface area (TPSA) is 35.2 Å². The Balaban J connectivity index is 1.97. The van der Waals surface area contributed by atoms with Gasteiger partial charge in [0.25, 0.3) is 0 Å². The van der Waals surface area contributed by atoms with Gasteiger partial charge in [-0.3, -0.25) is 0 Å². The summed E-state index contributed by atoms with van der Waals surface area (Å²) in [4.78, 5) is 0. The number of ether oxygens (including phenoxy) is 1. The van der Waals surface area contributed by atoms with E-state index in [0.29, 0.717) is 6.04 Å². The molecule has 1 spiro atoms. The van der Waals surface area contributed by atoms with E-state index in [0.717, 1.165) is 19.4 Å². The van der Waals surface area contributed by atoms with Crippen molar-refractivity contribution in [2.75, 3.05) is 6.61 Å². The van der Waals surface area contributed by atoms with Crippen LogP contribution in [-0.2, 0) is 4.74 Å². The number of nitrogens with two attached hydrogens (primary N) is 1. The van der Waals surface area contributed by atoms with Crippen molar-refractivity contribution in [1.82, 2.24) is 0 Å². The van der Waals surface area contributed by atoms with Gasteiger partial charge in [0.2, 0.25) is 0 Å². The molecular formula is C10H19NO. The lowest BCUT2D eigenvalue weighted by molar-refractivity contribution is -0.105. The molecule has 2 heteroatoms. The maximum Gasteiger partial charge on any atom is 0.0697 e. The fourth-order valence-electron chi connectivity index (χ4n) is 2.61. The smallest absolute Gasteiger partial charge is 0.0697 e. The lowest BCUT2D eigenvalue weighted by Crippen LogP contribution is -2.46. The highest BCUT2D eigenvalue weighted by Crippen LogP contribution is 2.37. The van der Waals surface area contributed by atoms with Crippen molar-refractivity contribution < 1.29 is 4.74 Å². The molecule has 70 valence electrons. The van der Waals surface area contributed by atoms with E-state index in [1.165, 1.54) is 32.1 Å². The summed E-state index contributed by atoms with van der Waals surface area (Å²) in [6.45, 7) is 0.890. The molecule has 1 saturated heterocycles. The van der Waals surface area contributed by atoms with Crippen LogP contribution >= 0.6 is 0 Å². The van der Waals surface area contributed by atoms with Crippen LogP contribution in [0.4, 0.5) is 0 Å². The summed E-state index contributed by atoms with van der Waals surface area (Å²) in [6, 6.07) is 0.400. The fraction of sp³-hybridized carbons (Fsp3) is 1.00. The Bertz CT molecular complexity index is 146. The third-order valence-electron chi connectivity index (χ3n) is 3.30. The number of hydrogen-bond donors (Lipinski definition) is 1. The van der Waals surface area contributed by atoms with Gasteiger partial charge in [0.05, 0.1) is 5.60 Å². The average Bonchev–Trinajstić information content (AvgIpc) is 2.05. The second-order valence-electron chi connectivity index (χ2n) is 4.35. The van der Waals surface area contributed by atoms with Crippen LogP contribution in [0.25, 0.3) is 0 Å². The Kier molecular flexibility index (Phi) is 2.37. The third kappa shape index (κ3) is 1.64. The van der Waals surface area contributed by atoms with Gasteiger partial charge in [0.1, 0.15) is 0 Å². The van der Waals surface area contributed by atoms with Crippen LogP contribution in [0.3, 0.4) is 0 Å². The Morgan fingerprint density at radius 2 is 1.92 bits per heavy atom. The van der Waals surface area contributed by atoms with E-state index in [2.05, 4.69) is 0 Å². The van der Waals surface area contributed by atoms with E-state index >= 15 is 0 Å². The van der Waals surface area contributed by atoms with Gasteiger partial charge >= 0.3 is 0 Å². The van der Waals surface area contributed by atoms with Crippen LogP contribution in [0.5, 0.6) is 0 Å². The minimum atomic E-state index is 0.204. The first-order valence-corrected chi connectivity index (χ1v) is 5.20. The molecule has 1 heterocycles. The molecule has 0 bridgehead atoms. The quantitative estimate of drug-likeness (QED) is 0.600. The third-order valence-corrected chi connectivity index (χ3v) is 3.30. The molecule has 1 saturated carbocycles. The van der Waals surface area contributed by atoms with Gasteiger partial charge in [-0.2, -0.15) is 0 Å². The molecule has 0 aromatic rings. The zero-order valence-corrected chi connectivity index (χ0v) is 7.72. The van der Waals surface area contributed by atoms with E-state index in [1.807, 2.05) is 0 Å². The first-order valence-electron chi connectivity index (χ1n) is 5.20. The molecule has 2 rings (SSSR count). The summed E-state index contributed by atoms with van der Waals surface area (Å²) in [5.41, 5.74) is 6.16. The van der Waals surface area contributed by atoms with Crippen LogP contribution in [0.1, 0.15) is 44.9 Å². The molecule has 0 aromatic heterocycles. The van der Waals surface area contributed by atoms with Crippen molar-refractivity contribution in [2.24, 2.45) is 5.73 Å². The highest BCUT2D eigenvalue weighted by atomic mass is 16.5. The number of hydrogen-bond acceptors (Lipinski definition) is 2. The van der Waals surface area contributed by atoms with Gasteiger partial charge in [-0.1, -0.05) is 19.3 Å². The SMILES string of the molecule is NC1CCOC2(CCCCC2)C1.